The Bertz CT molecular complexity index is 490. The molecule has 2 rings (SSSR count). The number of hydrogen-bond acceptors (Lipinski definition) is 3. The fourth-order valence-corrected chi connectivity index (χ4v) is 4.58. The van der Waals surface area contributed by atoms with Gasteiger partial charge in [0.2, 0.25) is 10.0 Å². The fraction of sp³-hybridized carbons (Fsp3) is 0.455. The molecular formula is C11H14ClNO2S2. The van der Waals surface area contributed by atoms with Crippen LogP contribution in [0.4, 0.5) is 0 Å². The number of sulfonamides is 1. The van der Waals surface area contributed by atoms with Crippen LogP contribution in [0.15, 0.2) is 29.2 Å². The average molecular weight is 292 g/mol. The molecule has 0 radical (unpaired) electrons. The van der Waals surface area contributed by atoms with Gasteiger partial charge in [-0.1, -0.05) is 18.2 Å². The normalized spacial score (nSPS) is 19.9. The predicted molar refractivity (Wildman–Crippen MR) is 72.2 cm³/mol. The highest BCUT2D eigenvalue weighted by molar-refractivity contribution is 7.99. The van der Waals surface area contributed by atoms with E-state index in [2.05, 4.69) is 4.72 Å². The first kappa shape index (κ1) is 13.2. The van der Waals surface area contributed by atoms with Gasteiger partial charge in [-0.2, -0.15) is 0 Å². The van der Waals surface area contributed by atoms with Crippen LogP contribution in [0.2, 0.25) is 0 Å². The molecule has 0 amide bonds. The maximum atomic E-state index is 11.7. The summed E-state index contributed by atoms with van der Waals surface area (Å²) in [6, 6.07) is 7.81. The van der Waals surface area contributed by atoms with Gasteiger partial charge in [-0.05, 0) is 23.8 Å². The number of hydrogen-bond donors (Lipinski definition) is 1. The molecule has 6 heteroatoms. The first-order valence-electron chi connectivity index (χ1n) is 5.40. The third-order valence-corrected chi connectivity index (χ3v) is 5.55. The van der Waals surface area contributed by atoms with Crippen molar-refractivity contribution in [2.45, 2.75) is 17.4 Å². The van der Waals surface area contributed by atoms with E-state index in [1.807, 2.05) is 24.3 Å². The quantitative estimate of drug-likeness (QED) is 0.867. The highest BCUT2D eigenvalue weighted by Crippen LogP contribution is 2.36. The fourth-order valence-electron chi connectivity index (χ4n) is 1.84. The van der Waals surface area contributed by atoms with Gasteiger partial charge in [-0.15, -0.1) is 23.4 Å². The van der Waals surface area contributed by atoms with Crippen LogP contribution in [0, 0.1) is 0 Å². The molecule has 1 heterocycles. The van der Waals surface area contributed by atoms with Gasteiger partial charge in [0.25, 0.3) is 0 Å². The largest absolute Gasteiger partial charge is 0.213 e. The molecule has 1 unspecified atom stereocenters. The summed E-state index contributed by atoms with van der Waals surface area (Å²) >= 11 is 7.25. The van der Waals surface area contributed by atoms with Crippen LogP contribution in [0.3, 0.4) is 0 Å². The Balaban J connectivity index is 2.19. The number of halogens is 1. The molecule has 1 aromatic rings. The first-order chi connectivity index (χ1) is 8.12. The summed E-state index contributed by atoms with van der Waals surface area (Å²) in [5.41, 5.74) is 1.07. The lowest BCUT2D eigenvalue weighted by Gasteiger charge is -2.25. The third-order valence-electron chi connectivity index (χ3n) is 2.63. The molecule has 0 aliphatic carbocycles. The molecule has 0 bridgehead atoms. The molecule has 1 atom stereocenters. The minimum Gasteiger partial charge on any atom is -0.212 e. The predicted octanol–water partition coefficient (Wildman–Crippen LogP) is 2.38. The van der Waals surface area contributed by atoms with Crippen LogP contribution in [-0.4, -0.2) is 25.8 Å². The molecule has 1 aliphatic heterocycles. The Morgan fingerprint density at radius 1 is 1.41 bits per heavy atom. The van der Waals surface area contributed by atoms with E-state index >= 15 is 0 Å². The summed E-state index contributed by atoms with van der Waals surface area (Å²) < 4.78 is 26.1. The molecule has 0 fully saturated rings. The van der Waals surface area contributed by atoms with Crippen molar-refractivity contribution >= 4 is 33.4 Å². The molecule has 94 valence electrons. The van der Waals surface area contributed by atoms with Gasteiger partial charge in [0.1, 0.15) is 0 Å². The molecule has 0 saturated heterocycles. The van der Waals surface area contributed by atoms with Crippen molar-refractivity contribution in [3.63, 3.8) is 0 Å². The Morgan fingerprint density at radius 2 is 2.18 bits per heavy atom. The summed E-state index contributed by atoms with van der Waals surface area (Å²) in [5, 5.41) is 0. The van der Waals surface area contributed by atoms with Crippen molar-refractivity contribution in [3.05, 3.63) is 29.8 Å². The second kappa shape index (κ2) is 5.61. The van der Waals surface area contributed by atoms with Crippen LogP contribution in [0.25, 0.3) is 0 Å². The van der Waals surface area contributed by atoms with Gasteiger partial charge in [0.05, 0.1) is 5.75 Å². The summed E-state index contributed by atoms with van der Waals surface area (Å²) in [7, 11) is -3.27. The summed E-state index contributed by atoms with van der Waals surface area (Å²) in [5.74, 6) is 1.03. The first-order valence-corrected chi connectivity index (χ1v) is 8.57. The van der Waals surface area contributed by atoms with Crippen molar-refractivity contribution < 1.29 is 8.42 Å². The second-order valence-corrected chi connectivity index (χ2v) is 7.24. The van der Waals surface area contributed by atoms with Crippen molar-refractivity contribution in [2.75, 3.05) is 17.4 Å². The third kappa shape index (κ3) is 3.37. The van der Waals surface area contributed by atoms with Crippen LogP contribution in [0.1, 0.15) is 18.0 Å². The van der Waals surface area contributed by atoms with Gasteiger partial charge in [0.15, 0.2) is 0 Å². The molecule has 0 spiro atoms. The van der Waals surface area contributed by atoms with Crippen LogP contribution >= 0.6 is 23.4 Å². The zero-order valence-electron chi connectivity index (χ0n) is 9.23. The van der Waals surface area contributed by atoms with E-state index in [9.17, 15) is 8.42 Å². The zero-order chi connectivity index (χ0) is 12.3. The van der Waals surface area contributed by atoms with E-state index in [-0.39, 0.29) is 17.7 Å². The number of thioether (sulfide) groups is 1. The van der Waals surface area contributed by atoms with Crippen molar-refractivity contribution in [2.24, 2.45) is 0 Å². The van der Waals surface area contributed by atoms with Crippen LogP contribution in [-0.2, 0) is 10.0 Å². The SMILES string of the molecule is O=S(=O)(CCCl)NC1CCSc2ccccc21. The second-order valence-electron chi connectivity index (χ2n) is 3.85. The van der Waals surface area contributed by atoms with E-state index in [4.69, 9.17) is 11.6 Å². The number of rotatable bonds is 4. The van der Waals surface area contributed by atoms with Gasteiger partial charge in [-0.25, -0.2) is 13.1 Å². The summed E-state index contributed by atoms with van der Waals surface area (Å²) in [4.78, 5) is 1.16. The minimum atomic E-state index is -3.27. The Labute approximate surface area is 111 Å². The van der Waals surface area contributed by atoms with Crippen molar-refractivity contribution in [3.8, 4) is 0 Å². The lowest BCUT2D eigenvalue weighted by Crippen LogP contribution is -2.32. The maximum absolute atomic E-state index is 11.7. The molecule has 17 heavy (non-hydrogen) atoms. The number of alkyl halides is 1. The lowest BCUT2D eigenvalue weighted by molar-refractivity contribution is 0.547. The Hall–Kier alpha value is -0.230. The lowest BCUT2D eigenvalue weighted by atomic mass is 10.1. The van der Waals surface area contributed by atoms with E-state index in [1.54, 1.807) is 11.8 Å². The van der Waals surface area contributed by atoms with E-state index in [0.29, 0.717) is 0 Å². The number of nitrogens with one attached hydrogen (secondary N) is 1. The smallest absolute Gasteiger partial charge is 0.212 e. The van der Waals surface area contributed by atoms with Crippen LogP contribution < -0.4 is 4.72 Å². The molecule has 3 nitrogen and oxygen atoms in total. The Kier molecular flexibility index (Phi) is 4.36. The molecule has 1 aliphatic rings. The topological polar surface area (TPSA) is 46.2 Å². The number of benzene rings is 1. The molecule has 1 N–H and O–H groups in total. The average Bonchev–Trinajstić information content (AvgIpc) is 2.29. The molecule has 0 saturated carbocycles. The van der Waals surface area contributed by atoms with Gasteiger partial charge >= 0.3 is 0 Å². The Morgan fingerprint density at radius 3 is 2.94 bits per heavy atom. The number of fused-ring (bicyclic) bond motifs is 1. The van der Waals surface area contributed by atoms with E-state index in [1.165, 1.54) is 0 Å². The highest BCUT2D eigenvalue weighted by Gasteiger charge is 2.24. The van der Waals surface area contributed by atoms with Gasteiger partial charge in [-0.3, -0.25) is 0 Å². The molecular weight excluding hydrogens is 278 g/mol. The van der Waals surface area contributed by atoms with Gasteiger partial charge in [0, 0.05) is 16.8 Å². The molecule has 0 aromatic heterocycles. The van der Waals surface area contributed by atoms with E-state index in [0.717, 1.165) is 22.6 Å². The zero-order valence-corrected chi connectivity index (χ0v) is 11.6. The summed E-state index contributed by atoms with van der Waals surface area (Å²) in [6.07, 6.45) is 0.823. The minimum absolute atomic E-state index is 0.0274. The van der Waals surface area contributed by atoms with Crippen molar-refractivity contribution in [1.82, 2.24) is 4.72 Å². The highest BCUT2D eigenvalue weighted by atomic mass is 35.5. The van der Waals surface area contributed by atoms with E-state index < -0.39 is 10.0 Å². The van der Waals surface area contributed by atoms with Crippen LogP contribution in [0.5, 0.6) is 0 Å². The summed E-state index contributed by atoms with van der Waals surface area (Å²) in [6.45, 7) is 0. The maximum Gasteiger partial charge on any atom is 0.213 e. The van der Waals surface area contributed by atoms with Gasteiger partial charge < -0.3 is 0 Å². The molecule has 1 aromatic carbocycles. The standard InChI is InChI=1S/C11H14ClNO2S2/c12-6-8-17(14,15)13-10-5-7-16-11-4-2-1-3-9(10)11/h1-4,10,13H,5-8H2. The van der Waals surface area contributed by atoms with Crippen molar-refractivity contribution in [1.29, 1.82) is 0 Å². The monoisotopic (exact) mass is 291 g/mol.